The van der Waals surface area contributed by atoms with Crippen LogP contribution < -0.4 is 20.3 Å². The molecule has 0 aliphatic heterocycles. The molecular formula is C20H18N4O4. The number of nitrogens with zero attached hydrogens (tertiary/aromatic N) is 3. The van der Waals surface area contributed by atoms with Crippen LogP contribution in [-0.2, 0) is 7.05 Å². The van der Waals surface area contributed by atoms with Crippen LogP contribution in [0.25, 0.3) is 16.6 Å². The molecule has 8 nitrogen and oxygen atoms in total. The maximum absolute atomic E-state index is 12.7. The van der Waals surface area contributed by atoms with Gasteiger partial charge in [-0.15, -0.1) is 0 Å². The van der Waals surface area contributed by atoms with E-state index < -0.39 is 5.91 Å². The van der Waals surface area contributed by atoms with E-state index in [0.29, 0.717) is 22.7 Å². The van der Waals surface area contributed by atoms with E-state index in [-0.39, 0.29) is 11.3 Å². The molecule has 0 aliphatic carbocycles. The van der Waals surface area contributed by atoms with E-state index in [1.54, 1.807) is 29.8 Å². The minimum absolute atomic E-state index is 0.142. The molecule has 0 unspecified atom stereocenters. The Morgan fingerprint density at radius 3 is 2.39 bits per heavy atom. The summed E-state index contributed by atoms with van der Waals surface area (Å²) in [6.07, 6.45) is 0. The van der Waals surface area contributed by atoms with Crippen LogP contribution in [0.4, 0.5) is 5.69 Å². The Bertz CT molecular complexity index is 1270. The Morgan fingerprint density at radius 2 is 1.68 bits per heavy atom. The lowest BCUT2D eigenvalue weighted by atomic mass is 10.2. The Balaban J connectivity index is 1.75. The van der Waals surface area contributed by atoms with Crippen molar-refractivity contribution in [2.24, 2.45) is 7.05 Å². The number of methoxy groups -OCH3 is 2. The van der Waals surface area contributed by atoms with Gasteiger partial charge in [0.25, 0.3) is 11.5 Å². The van der Waals surface area contributed by atoms with E-state index in [0.717, 1.165) is 11.0 Å². The van der Waals surface area contributed by atoms with Crippen LogP contribution in [-0.4, -0.2) is 34.3 Å². The van der Waals surface area contributed by atoms with Crippen LogP contribution in [0, 0.1) is 0 Å². The van der Waals surface area contributed by atoms with Crippen LogP contribution >= 0.6 is 0 Å². The third-order valence-electron chi connectivity index (χ3n) is 4.58. The Labute approximate surface area is 159 Å². The van der Waals surface area contributed by atoms with Gasteiger partial charge in [-0.2, -0.15) is 5.10 Å². The lowest BCUT2D eigenvalue weighted by molar-refractivity contribution is 0.102. The van der Waals surface area contributed by atoms with Gasteiger partial charge in [-0.3, -0.25) is 9.59 Å². The number of carbonyl (C=O) groups is 1. The van der Waals surface area contributed by atoms with Gasteiger partial charge in [-0.1, -0.05) is 12.1 Å². The number of aryl methyl sites for hydroxylation is 1. The van der Waals surface area contributed by atoms with Crippen LogP contribution in [0.1, 0.15) is 10.5 Å². The van der Waals surface area contributed by atoms with Gasteiger partial charge in [0.1, 0.15) is 5.52 Å². The number of aromatic nitrogens is 3. The molecule has 4 rings (SSSR count). The zero-order chi connectivity index (χ0) is 19.8. The summed E-state index contributed by atoms with van der Waals surface area (Å²) >= 11 is 0. The SMILES string of the molecule is COc1ccc(NC(=O)c2cc3c(=O)n(C)c4ccccc4n3n2)cc1OC. The van der Waals surface area contributed by atoms with Gasteiger partial charge in [-0.05, 0) is 24.3 Å². The molecule has 0 aliphatic rings. The second-order valence-corrected chi connectivity index (χ2v) is 6.20. The topological polar surface area (TPSA) is 86.9 Å². The Kier molecular flexibility index (Phi) is 4.23. The van der Waals surface area contributed by atoms with Gasteiger partial charge < -0.3 is 19.4 Å². The highest BCUT2D eigenvalue weighted by Gasteiger charge is 2.17. The van der Waals surface area contributed by atoms with E-state index >= 15 is 0 Å². The van der Waals surface area contributed by atoms with Crippen LogP contribution in [0.15, 0.2) is 53.3 Å². The molecule has 0 atom stereocenters. The van der Waals surface area contributed by atoms with Crippen molar-refractivity contribution in [3.8, 4) is 11.5 Å². The molecule has 2 heterocycles. The Hall–Kier alpha value is -3.81. The predicted molar refractivity (Wildman–Crippen MR) is 105 cm³/mol. The van der Waals surface area contributed by atoms with Crippen molar-refractivity contribution >= 4 is 28.1 Å². The molecule has 0 radical (unpaired) electrons. The molecule has 0 saturated heterocycles. The molecule has 142 valence electrons. The minimum atomic E-state index is -0.429. The van der Waals surface area contributed by atoms with E-state index in [4.69, 9.17) is 9.47 Å². The molecular weight excluding hydrogens is 360 g/mol. The second-order valence-electron chi connectivity index (χ2n) is 6.20. The van der Waals surface area contributed by atoms with Gasteiger partial charge in [0.05, 0.1) is 25.3 Å². The van der Waals surface area contributed by atoms with Gasteiger partial charge in [-0.25, -0.2) is 4.52 Å². The van der Waals surface area contributed by atoms with Crippen molar-refractivity contribution in [1.82, 2.24) is 14.2 Å². The van der Waals surface area contributed by atoms with E-state index in [2.05, 4.69) is 10.4 Å². The number of hydrogen-bond donors (Lipinski definition) is 1. The average molecular weight is 378 g/mol. The molecule has 4 aromatic rings. The number of amides is 1. The molecule has 0 saturated carbocycles. The lowest BCUT2D eigenvalue weighted by Crippen LogP contribution is -2.19. The molecule has 0 bridgehead atoms. The van der Waals surface area contributed by atoms with E-state index in [1.807, 2.05) is 24.3 Å². The minimum Gasteiger partial charge on any atom is -0.493 e. The zero-order valence-corrected chi connectivity index (χ0v) is 15.6. The first-order valence-electron chi connectivity index (χ1n) is 8.54. The summed E-state index contributed by atoms with van der Waals surface area (Å²) in [5.41, 5.74) is 2.25. The van der Waals surface area contributed by atoms with Gasteiger partial charge in [0, 0.05) is 24.9 Å². The maximum Gasteiger partial charge on any atom is 0.276 e. The average Bonchev–Trinajstić information content (AvgIpc) is 3.18. The highest BCUT2D eigenvalue weighted by molar-refractivity contribution is 6.04. The van der Waals surface area contributed by atoms with Crippen LogP contribution in [0.2, 0.25) is 0 Å². The molecule has 0 fully saturated rings. The first-order chi connectivity index (χ1) is 13.5. The molecule has 28 heavy (non-hydrogen) atoms. The highest BCUT2D eigenvalue weighted by Crippen LogP contribution is 2.29. The molecule has 2 aromatic heterocycles. The zero-order valence-electron chi connectivity index (χ0n) is 15.6. The Morgan fingerprint density at radius 1 is 0.964 bits per heavy atom. The molecule has 1 amide bonds. The smallest absolute Gasteiger partial charge is 0.276 e. The summed E-state index contributed by atoms with van der Waals surface area (Å²) in [6.45, 7) is 0. The van der Waals surface area contributed by atoms with E-state index in [1.165, 1.54) is 24.8 Å². The van der Waals surface area contributed by atoms with Crippen molar-refractivity contribution in [2.75, 3.05) is 19.5 Å². The summed E-state index contributed by atoms with van der Waals surface area (Å²) in [5, 5.41) is 7.12. The number of hydrogen-bond acceptors (Lipinski definition) is 5. The lowest BCUT2D eigenvalue weighted by Gasteiger charge is -2.09. The number of carbonyl (C=O) groups excluding carboxylic acids is 1. The second kappa shape index (κ2) is 6.73. The quantitative estimate of drug-likeness (QED) is 0.589. The normalized spacial score (nSPS) is 11.0. The van der Waals surface area contributed by atoms with Crippen LogP contribution in [0.3, 0.4) is 0 Å². The fraction of sp³-hybridized carbons (Fsp3) is 0.150. The number of para-hydroxylation sites is 2. The largest absolute Gasteiger partial charge is 0.493 e. The van der Waals surface area contributed by atoms with Crippen molar-refractivity contribution in [2.45, 2.75) is 0 Å². The summed E-state index contributed by atoms with van der Waals surface area (Å²) in [4.78, 5) is 25.3. The first kappa shape index (κ1) is 17.6. The van der Waals surface area contributed by atoms with Crippen molar-refractivity contribution < 1.29 is 14.3 Å². The third-order valence-corrected chi connectivity index (χ3v) is 4.58. The summed E-state index contributed by atoms with van der Waals surface area (Å²) < 4.78 is 13.5. The maximum atomic E-state index is 12.7. The molecule has 2 aromatic carbocycles. The number of anilines is 1. The number of nitrogens with one attached hydrogen (secondary N) is 1. The fourth-order valence-electron chi connectivity index (χ4n) is 3.15. The van der Waals surface area contributed by atoms with E-state index in [9.17, 15) is 9.59 Å². The predicted octanol–water partition coefficient (Wildman–Crippen LogP) is 2.46. The standard InChI is InChI=1S/C20H18N4O4/c1-23-14-6-4-5-7-15(14)24-16(20(23)26)11-13(22-24)19(25)21-12-8-9-17(27-2)18(10-12)28-3/h4-11H,1-3H3,(H,21,25). The number of fused-ring (bicyclic) bond motifs is 3. The third kappa shape index (κ3) is 2.75. The van der Waals surface area contributed by atoms with Crippen molar-refractivity contribution in [3.05, 3.63) is 64.6 Å². The van der Waals surface area contributed by atoms with Crippen molar-refractivity contribution in [3.63, 3.8) is 0 Å². The number of ether oxygens (including phenoxy) is 2. The summed E-state index contributed by atoms with van der Waals surface area (Å²) in [6, 6.07) is 13.9. The summed E-state index contributed by atoms with van der Waals surface area (Å²) in [5.74, 6) is 0.625. The van der Waals surface area contributed by atoms with Gasteiger partial charge in [0.15, 0.2) is 17.2 Å². The van der Waals surface area contributed by atoms with Gasteiger partial charge >= 0.3 is 0 Å². The molecule has 8 heteroatoms. The van der Waals surface area contributed by atoms with Crippen LogP contribution in [0.5, 0.6) is 11.5 Å². The highest BCUT2D eigenvalue weighted by atomic mass is 16.5. The fourth-order valence-corrected chi connectivity index (χ4v) is 3.15. The van der Waals surface area contributed by atoms with Crippen molar-refractivity contribution in [1.29, 1.82) is 0 Å². The molecule has 0 spiro atoms. The molecule has 1 N–H and O–H groups in total. The number of rotatable bonds is 4. The summed E-state index contributed by atoms with van der Waals surface area (Å²) in [7, 11) is 4.76. The number of benzene rings is 2. The monoisotopic (exact) mass is 378 g/mol. The first-order valence-corrected chi connectivity index (χ1v) is 8.54. The van der Waals surface area contributed by atoms with Gasteiger partial charge in [0.2, 0.25) is 0 Å².